The van der Waals surface area contributed by atoms with Crippen molar-refractivity contribution in [2.75, 3.05) is 0 Å². The number of benzene rings is 1. The van der Waals surface area contributed by atoms with Crippen molar-refractivity contribution in [3.05, 3.63) is 41.5 Å². The van der Waals surface area contributed by atoms with Crippen LogP contribution in [0.4, 0.5) is 0 Å². The van der Waals surface area contributed by atoms with Crippen LogP contribution in [0.5, 0.6) is 0 Å². The van der Waals surface area contributed by atoms with Crippen LogP contribution in [0.25, 0.3) is 5.76 Å². The average molecular weight is 260 g/mol. The van der Waals surface area contributed by atoms with E-state index < -0.39 is 11.4 Å². The van der Waals surface area contributed by atoms with E-state index in [0.717, 1.165) is 12.5 Å². The van der Waals surface area contributed by atoms with Crippen LogP contribution >= 0.6 is 0 Å². The molecule has 2 N–H and O–H groups in total. The molecule has 3 nitrogen and oxygen atoms in total. The zero-order chi connectivity index (χ0) is 14.3. The van der Waals surface area contributed by atoms with Crippen LogP contribution < -0.4 is 0 Å². The Morgan fingerprint density at radius 2 is 1.84 bits per heavy atom. The molecule has 2 rings (SSSR count). The Morgan fingerprint density at radius 1 is 1.21 bits per heavy atom. The maximum absolute atomic E-state index is 12.1. The van der Waals surface area contributed by atoms with E-state index in [1.54, 1.807) is 24.3 Å². The van der Waals surface area contributed by atoms with Crippen LogP contribution in [-0.4, -0.2) is 16.0 Å². The molecule has 0 spiro atoms. The number of carbonyl (C=O) groups excluding carboxylic acids is 1. The summed E-state index contributed by atoms with van der Waals surface area (Å²) >= 11 is 0. The lowest BCUT2D eigenvalue weighted by Gasteiger charge is -2.33. The number of aliphatic hydroxyl groups excluding tert-OH is 1. The van der Waals surface area contributed by atoms with Crippen LogP contribution in [0.3, 0.4) is 0 Å². The summed E-state index contributed by atoms with van der Waals surface area (Å²) in [6.07, 6.45) is 2.21. The van der Waals surface area contributed by atoms with Crippen molar-refractivity contribution in [2.24, 2.45) is 5.41 Å². The lowest BCUT2D eigenvalue weighted by atomic mass is 9.75. The molecule has 1 aromatic rings. The fourth-order valence-corrected chi connectivity index (χ4v) is 2.33. The van der Waals surface area contributed by atoms with Crippen molar-refractivity contribution >= 4 is 11.5 Å². The summed E-state index contributed by atoms with van der Waals surface area (Å²) < 4.78 is 0. The fourth-order valence-electron chi connectivity index (χ4n) is 2.33. The third-order valence-corrected chi connectivity index (χ3v) is 3.56. The van der Waals surface area contributed by atoms with Crippen molar-refractivity contribution < 1.29 is 15.0 Å². The highest BCUT2D eigenvalue weighted by Gasteiger charge is 2.42. The van der Waals surface area contributed by atoms with E-state index in [9.17, 15) is 15.0 Å². The molecular weight excluding hydrogens is 240 g/mol. The van der Waals surface area contributed by atoms with E-state index in [-0.39, 0.29) is 11.2 Å². The summed E-state index contributed by atoms with van der Waals surface area (Å²) in [6, 6.07) is 6.98. The number of hydrogen-bond acceptors (Lipinski definition) is 3. The Balaban J connectivity index is 2.43. The number of hydrogen-bond donors (Lipinski definition) is 2. The van der Waals surface area contributed by atoms with Crippen molar-refractivity contribution in [1.82, 2.24) is 0 Å². The monoisotopic (exact) mass is 260 g/mol. The van der Waals surface area contributed by atoms with Crippen molar-refractivity contribution in [3.8, 4) is 0 Å². The second kappa shape index (κ2) is 4.49. The van der Waals surface area contributed by atoms with E-state index >= 15 is 0 Å². The highest BCUT2D eigenvalue weighted by molar-refractivity contribution is 6.05. The number of ketones is 1. The predicted octanol–water partition coefficient (Wildman–Crippen LogP) is 3.18. The van der Waals surface area contributed by atoms with Gasteiger partial charge in [0.05, 0.1) is 0 Å². The van der Waals surface area contributed by atoms with Crippen LogP contribution in [0, 0.1) is 5.41 Å². The molecule has 1 unspecified atom stereocenters. The van der Waals surface area contributed by atoms with Crippen LogP contribution in [0.2, 0.25) is 0 Å². The zero-order valence-electron chi connectivity index (χ0n) is 11.6. The number of fused-ring (bicyclic) bond motifs is 1. The molecule has 0 amide bonds. The third-order valence-electron chi connectivity index (χ3n) is 3.56. The largest absolute Gasteiger partial charge is 0.507 e. The Morgan fingerprint density at radius 3 is 2.47 bits per heavy atom. The Bertz CT molecular complexity index is 537. The topological polar surface area (TPSA) is 57.5 Å². The normalized spacial score (nSPS) is 22.9. The molecule has 0 aliphatic heterocycles. The summed E-state index contributed by atoms with van der Waals surface area (Å²) in [7, 11) is 0. The van der Waals surface area contributed by atoms with Crippen molar-refractivity contribution in [2.45, 2.75) is 39.2 Å². The maximum atomic E-state index is 12.1. The first-order valence-corrected chi connectivity index (χ1v) is 6.51. The van der Waals surface area contributed by atoms with Gasteiger partial charge in [-0.3, -0.25) is 4.79 Å². The first kappa shape index (κ1) is 13.8. The lowest BCUT2D eigenvalue weighted by molar-refractivity contribution is -0.134. The van der Waals surface area contributed by atoms with E-state index in [1.807, 2.05) is 0 Å². The molecule has 0 fully saturated rings. The average Bonchev–Trinajstić information content (AvgIpc) is 2.33. The predicted molar refractivity (Wildman–Crippen MR) is 74.6 cm³/mol. The molecule has 1 aliphatic rings. The van der Waals surface area contributed by atoms with E-state index in [1.165, 1.54) is 0 Å². The van der Waals surface area contributed by atoms with Gasteiger partial charge in [-0.15, -0.1) is 0 Å². The second-order valence-corrected chi connectivity index (χ2v) is 6.36. The van der Waals surface area contributed by atoms with Gasteiger partial charge in [0.1, 0.15) is 5.76 Å². The Hall–Kier alpha value is -1.61. The first-order valence-electron chi connectivity index (χ1n) is 6.51. The van der Waals surface area contributed by atoms with Crippen LogP contribution in [-0.2, 0) is 10.4 Å². The van der Waals surface area contributed by atoms with Gasteiger partial charge in [-0.1, -0.05) is 45.0 Å². The van der Waals surface area contributed by atoms with Gasteiger partial charge in [0, 0.05) is 17.2 Å². The van der Waals surface area contributed by atoms with Gasteiger partial charge in [-0.2, -0.15) is 0 Å². The molecule has 1 aromatic carbocycles. The SMILES string of the molecule is CC(C)(C)CCC1(O)C(=O)C=C(O)c2ccccc21. The van der Waals surface area contributed by atoms with Gasteiger partial charge in [-0.25, -0.2) is 0 Å². The van der Waals surface area contributed by atoms with Gasteiger partial charge >= 0.3 is 0 Å². The van der Waals surface area contributed by atoms with Crippen LogP contribution in [0.15, 0.2) is 30.3 Å². The molecular formula is C16H20O3. The number of aliphatic hydroxyl groups is 2. The third kappa shape index (κ3) is 2.56. The molecule has 3 heteroatoms. The number of carbonyl (C=O) groups is 1. The molecule has 1 aliphatic carbocycles. The fraction of sp³-hybridized carbons (Fsp3) is 0.438. The molecule has 0 bridgehead atoms. The molecule has 0 saturated heterocycles. The molecule has 19 heavy (non-hydrogen) atoms. The van der Waals surface area contributed by atoms with Crippen LogP contribution in [0.1, 0.15) is 44.7 Å². The van der Waals surface area contributed by atoms with E-state index in [0.29, 0.717) is 17.5 Å². The van der Waals surface area contributed by atoms with Gasteiger partial charge in [0.25, 0.3) is 0 Å². The molecule has 0 heterocycles. The minimum Gasteiger partial charge on any atom is -0.507 e. The Labute approximate surface area is 113 Å². The maximum Gasteiger partial charge on any atom is 0.195 e. The van der Waals surface area contributed by atoms with Gasteiger partial charge in [0.15, 0.2) is 11.4 Å². The highest BCUT2D eigenvalue weighted by Crippen LogP contribution is 2.39. The summed E-state index contributed by atoms with van der Waals surface area (Å²) in [5.41, 5.74) is -0.438. The lowest BCUT2D eigenvalue weighted by Crippen LogP contribution is -2.38. The standard InChI is InChI=1S/C16H20O3/c1-15(2,3)8-9-16(19)12-7-5-4-6-11(12)13(17)10-14(16)18/h4-7,10,17,19H,8-9H2,1-3H3. The molecule has 0 radical (unpaired) electrons. The quantitative estimate of drug-likeness (QED) is 0.858. The van der Waals surface area contributed by atoms with E-state index in [2.05, 4.69) is 20.8 Å². The zero-order valence-corrected chi connectivity index (χ0v) is 11.6. The van der Waals surface area contributed by atoms with Gasteiger partial charge < -0.3 is 10.2 Å². The smallest absolute Gasteiger partial charge is 0.195 e. The summed E-state index contributed by atoms with van der Waals surface area (Å²) in [4.78, 5) is 12.1. The molecule has 0 aromatic heterocycles. The van der Waals surface area contributed by atoms with Crippen molar-refractivity contribution in [1.29, 1.82) is 0 Å². The number of rotatable bonds is 2. The first-order chi connectivity index (χ1) is 8.74. The minimum atomic E-state index is -1.52. The molecule has 1 atom stereocenters. The summed E-state index contributed by atoms with van der Waals surface area (Å²) in [5, 5.41) is 20.6. The van der Waals surface area contributed by atoms with Crippen molar-refractivity contribution in [3.63, 3.8) is 0 Å². The van der Waals surface area contributed by atoms with E-state index in [4.69, 9.17) is 0 Å². The van der Waals surface area contributed by atoms with Gasteiger partial charge in [0.2, 0.25) is 0 Å². The summed E-state index contributed by atoms with van der Waals surface area (Å²) in [5.74, 6) is -0.506. The molecule has 0 saturated carbocycles. The summed E-state index contributed by atoms with van der Waals surface area (Å²) in [6.45, 7) is 6.22. The van der Waals surface area contributed by atoms with Gasteiger partial charge in [-0.05, 0) is 18.3 Å². The highest BCUT2D eigenvalue weighted by atomic mass is 16.3. The Kier molecular flexibility index (Phi) is 3.27. The second-order valence-electron chi connectivity index (χ2n) is 6.36. The molecule has 102 valence electrons. The minimum absolute atomic E-state index is 0.0359.